The van der Waals surface area contributed by atoms with Gasteiger partial charge in [0.05, 0.1) is 19.9 Å². The van der Waals surface area contributed by atoms with Crippen LogP contribution >= 0.6 is 0 Å². The van der Waals surface area contributed by atoms with Crippen LogP contribution in [-0.2, 0) is 4.79 Å². The normalized spacial score (nSPS) is 10.9. The van der Waals surface area contributed by atoms with Gasteiger partial charge in [-0.1, -0.05) is 6.07 Å². The Labute approximate surface area is 138 Å². The fraction of sp³-hybridized carbons (Fsp3) is 0.118. The zero-order valence-electron chi connectivity index (χ0n) is 13.3. The minimum Gasteiger partial charge on any atom is -0.493 e. The van der Waals surface area contributed by atoms with Crippen molar-refractivity contribution in [3.63, 3.8) is 0 Å². The molecule has 2 aromatic heterocycles. The maximum atomic E-state index is 12.0. The van der Waals surface area contributed by atoms with Crippen molar-refractivity contribution in [1.29, 1.82) is 0 Å². The summed E-state index contributed by atoms with van der Waals surface area (Å²) >= 11 is 0. The third-order valence-electron chi connectivity index (χ3n) is 3.39. The number of aromatic nitrogens is 3. The molecule has 0 bridgehead atoms. The highest BCUT2D eigenvalue weighted by atomic mass is 16.5. The quantitative estimate of drug-likeness (QED) is 0.729. The first-order valence-electron chi connectivity index (χ1n) is 7.20. The van der Waals surface area contributed by atoms with Gasteiger partial charge in [0.1, 0.15) is 6.33 Å². The number of hydrogen-bond donors (Lipinski definition) is 1. The van der Waals surface area contributed by atoms with Crippen molar-refractivity contribution in [2.75, 3.05) is 19.5 Å². The molecule has 122 valence electrons. The van der Waals surface area contributed by atoms with Gasteiger partial charge in [0.2, 0.25) is 5.91 Å². The van der Waals surface area contributed by atoms with Crippen molar-refractivity contribution in [3.8, 4) is 11.5 Å². The van der Waals surface area contributed by atoms with Gasteiger partial charge in [0, 0.05) is 12.3 Å². The van der Waals surface area contributed by atoms with Gasteiger partial charge >= 0.3 is 0 Å². The number of ether oxygens (including phenoxy) is 2. The topological polar surface area (TPSA) is 77.8 Å². The van der Waals surface area contributed by atoms with Gasteiger partial charge in [-0.25, -0.2) is 0 Å². The molecule has 1 N–H and O–H groups in total. The predicted molar refractivity (Wildman–Crippen MR) is 90.2 cm³/mol. The van der Waals surface area contributed by atoms with Crippen LogP contribution in [0.1, 0.15) is 5.56 Å². The van der Waals surface area contributed by atoms with Crippen LogP contribution in [0.3, 0.4) is 0 Å². The van der Waals surface area contributed by atoms with Gasteiger partial charge in [-0.05, 0) is 35.9 Å². The molecule has 0 fully saturated rings. The first kappa shape index (κ1) is 15.5. The number of carbonyl (C=O) groups excluding carboxylic acids is 1. The Balaban J connectivity index is 1.70. The van der Waals surface area contributed by atoms with E-state index in [2.05, 4.69) is 15.5 Å². The van der Waals surface area contributed by atoms with Crippen LogP contribution in [0.2, 0.25) is 0 Å². The van der Waals surface area contributed by atoms with Crippen LogP contribution in [0.5, 0.6) is 11.5 Å². The lowest BCUT2D eigenvalue weighted by molar-refractivity contribution is -0.111. The first-order chi connectivity index (χ1) is 11.7. The second-order valence-electron chi connectivity index (χ2n) is 4.95. The number of nitrogens with zero attached hydrogens (tertiary/aromatic N) is 3. The molecule has 0 aliphatic heterocycles. The maximum absolute atomic E-state index is 12.0. The van der Waals surface area contributed by atoms with Gasteiger partial charge in [-0.3, -0.25) is 9.20 Å². The first-order valence-corrected chi connectivity index (χ1v) is 7.20. The highest BCUT2D eigenvalue weighted by Crippen LogP contribution is 2.27. The van der Waals surface area contributed by atoms with E-state index in [-0.39, 0.29) is 5.91 Å². The highest BCUT2D eigenvalue weighted by molar-refractivity contribution is 6.01. The Bertz CT molecular complexity index is 902. The number of carbonyl (C=O) groups is 1. The summed E-state index contributed by atoms with van der Waals surface area (Å²) in [4.78, 5) is 12.0. The molecular weight excluding hydrogens is 308 g/mol. The molecule has 1 aromatic carbocycles. The third kappa shape index (κ3) is 3.35. The number of amides is 1. The predicted octanol–water partition coefficient (Wildman–Crippen LogP) is 2.40. The lowest BCUT2D eigenvalue weighted by Gasteiger charge is -2.07. The van der Waals surface area contributed by atoms with Crippen LogP contribution in [0, 0.1) is 0 Å². The van der Waals surface area contributed by atoms with Gasteiger partial charge in [-0.2, -0.15) is 0 Å². The fourth-order valence-electron chi connectivity index (χ4n) is 2.21. The highest BCUT2D eigenvalue weighted by Gasteiger charge is 2.04. The zero-order chi connectivity index (χ0) is 16.9. The third-order valence-corrected chi connectivity index (χ3v) is 3.39. The van der Waals surface area contributed by atoms with E-state index >= 15 is 0 Å². The largest absolute Gasteiger partial charge is 0.493 e. The lowest BCUT2D eigenvalue weighted by Crippen LogP contribution is -2.08. The van der Waals surface area contributed by atoms with Gasteiger partial charge in [-0.15, -0.1) is 10.2 Å². The molecule has 0 unspecified atom stereocenters. The fourth-order valence-corrected chi connectivity index (χ4v) is 2.21. The number of benzene rings is 1. The van der Waals surface area contributed by atoms with Crippen LogP contribution in [-0.4, -0.2) is 34.7 Å². The summed E-state index contributed by atoms with van der Waals surface area (Å²) in [5, 5.41) is 10.5. The van der Waals surface area contributed by atoms with Crippen molar-refractivity contribution in [3.05, 3.63) is 54.5 Å². The SMILES string of the molecule is COc1ccc(/C=C/C(=O)Nc2ccc3nncn3c2)cc1OC. The number of pyridine rings is 1. The summed E-state index contributed by atoms with van der Waals surface area (Å²) in [7, 11) is 3.15. The van der Waals surface area contributed by atoms with Gasteiger partial charge in [0.15, 0.2) is 17.1 Å². The van der Waals surface area contributed by atoms with Crippen molar-refractivity contribution >= 4 is 23.3 Å². The molecule has 0 aliphatic carbocycles. The number of methoxy groups -OCH3 is 2. The number of fused-ring (bicyclic) bond motifs is 1. The van der Waals surface area contributed by atoms with E-state index in [1.54, 1.807) is 61.5 Å². The summed E-state index contributed by atoms with van der Waals surface area (Å²) in [5.74, 6) is 1.01. The number of hydrogen-bond acceptors (Lipinski definition) is 5. The smallest absolute Gasteiger partial charge is 0.248 e. The maximum Gasteiger partial charge on any atom is 0.248 e. The molecule has 0 saturated carbocycles. The summed E-state index contributed by atoms with van der Waals surface area (Å²) in [6.07, 6.45) is 6.48. The van der Waals surface area contributed by atoms with Crippen LogP contribution in [0.15, 0.2) is 48.9 Å². The van der Waals surface area contributed by atoms with Crippen molar-refractivity contribution in [1.82, 2.24) is 14.6 Å². The minimum atomic E-state index is -0.239. The van der Waals surface area contributed by atoms with Crippen LogP contribution in [0.4, 0.5) is 5.69 Å². The van der Waals surface area contributed by atoms with Crippen molar-refractivity contribution in [2.45, 2.75) is 0 Å². The van der Waals surface area contributed by atoms with E-state index in [1.807, 2.05) is 6.07 Å². The monoisotopic (exact) mass is 324 g/mol. The van der Waals surface area contributed by atoms with Gasteiger partial charge in [0.25, 0.3) is 0 Å². The van der Waals surface area contributed by atoms with E-state index in [4.69, 9.17) is 9.47 Å². The zero-order valence-corrected chi connectivity index (χ0v) is 13.3. The summed E-state index contributed by atoms with van der Waals surface area (Å²) in [5.41, 5.74) is 2.20. The lowest BCUT2D eigenvalue weighted by atomic mass is 10.2. The molecule has 7 nitrogen and oxygen atoms in total. The van der Waals surface area contributed by atoms with E-state index in [1.165, 1.54) is 6.08 Å². The number of rotatable bonds is 5. The molecule has 3 rings (SSSR count). The van der Waals surface area contributed by atoms with Crippen molar-refractivity contribution < 1.29 is 14.3 Å². The van der Waals surface area contributed by atoms with E-state index < -0.39 is 0 Å². The Morgan fingerprint density at radius 3 is 2.79 bits per heavy atom. The molecule has 0 radical (unpaired) electrons. The van der Waals surface area contributed by atoms with E-state index in [0.29, 0.717) is 22.8 Å². The Morgan fingerprint density at radius 2 is 2.00 bits per heavy atom. The Hall–Kier alpha value is -3.35. The van der Waals surface area contributed by atoms with E-state index in [0.717, 1.165) is 5.56 Å². The van der Waals surface area contributed by atoms with Crippen LogP contribution in [0.25, 0.3) is 11.7 Å². The Morgan fingerprint density at radius 1 is 1.17 bits per heavy atom. The molecule has 0 saturated heterocycles. The number of nitrogens with one attached hydrogen (secondary N) is 1. The molecule has 0 spiro atoms. The second-order valence-corrected chi connectivity index (χ2v) is 4.95. The van der Waals surface area contributed by atoms with E-state index in [9.17, 15) is 4.79 Å². The molecule has 1 amide bonds. The standard InChI is InChI=1S/C17H16N4O3/c1-23-14-6-3-12(9-15(14)24-2)4-8-17(22)19-13-5-7-16-20-18-11-21(16)10-13/h3-11H,1-2H3,(H,19,22)/b8-4+. The summed E-state index contributed by atoms with van der Waals surface area (Å²) in [6, 6.07) is 8.98. The molecular formula is C17H16N4O3. The van der Waals surface area contributed by atoms with Crippen LogP contribution < -0.4 is 14.8 Å². The number of anilines is 1. The van der Waals surface area contributed by atoms with Gasteiger partial charge < -0.3 is 14.8 Å². The molecule has 0 atom stereocenters. The molecule has 3 aromatic rings. The summed E-state index contributed by atoms with van der Waals surface area (Å²) in [6.45, 7) is 0. The summed E-state index contributed by atoms with van der Waals surface area (Å²) < 4.78 is 12.2. The molecule has 0 aliphatic rings. The minimum absolute atomic E-state index is 0.239. The average Bonchev–Trinajstić information content (AvgIpc) is 3.07. The molecule has 24 heavy (non-hydrogen) atoms. The Kier molecular flexibility index (Phi) is 4.42. The average molecular weight is 324 g/mol. The molecule has 7 heteroatoms. The molecule has 2 heterocycles. The van der Waals surface area contributed by atoms with Crippen molar-refractivity contribution in [2.24, 2.45) is 0 Å². The second kappa shape index (κ2) is 6.82.